The zero-order valence-corrected chi connectivity index (χ0v) is 18.6. The fraction of sp³-hybridized carbons (Fsp3) is 0.250. The van der Waals surface area contributed by atoms with Crippen molar-refractivity contribution < 1.29 is 19.1 Å². The molecule has 5 nitrogen and oxygen atoms in total. The highest BCUT2D eigenvalue weighted by Crippen LogP contribution is 2.36. The van der Waals surface area contributed by atoms with Gasteiger partial charge < -0.3 is 14.8 Å². The predicted octanol–water partition coefficient (Wildman–Crippen LogP) is 5.45. The first-order valence-corrected chi connectivity index (χ1v) is 10.5. The Balaban J connectivity index is 1.81. The van der Waals surface area contributed by atoms with E-state index in [4.69, 9.17) is 9.47 Å². The summed E-state index contributed by atoms with van der Waals surface area (Å²) in [4.78, 5) is 25.0. The van der Waals surface area contributed by atoms with Crippen LogP contribution in [0.4, 0.5) is 5.00 Å². The third-order valence-corrected chi connectivity index (χ3v) is 5.84. The molecule has 2 aromatic carbocycles. The van der Waals surface area contributed by atoms with Gasteiger partial charge in [-0.2, -0.15) is 0 Å². The average molecular weight is 424 g/mol. The molecule has 0 aliphatic carbocycles. The lowest BCUT2D eigenvalue weighted by Gasteiger charge is -2.11. The van der Waals surface area contributed by atoms with Crippen LogP contribution in [-0.2, 0) is 9.53 Å². The number of carbonyl (C=O) groups is 2. The molecule has 0 spiro atoms. The summed E-state index contributed by atoms with van der Waals surface area (Å²) in [5.41, 5.74) is 6.39. The molecule has 0 atom stereocenters. The van der Waals surface area contributed by atoms with Crippen LogP contribution in [0.1, 0.15) is 32.6 Å². The molecule has 1 aromatic heterocycles. The smallest absolute Gasteiger partial charge is 0.341 e. The Morgan fingerprint density at radius 2 is 1.73 bits per heavy atom. The van der Waals surface area contributed by atoms with Crippen LogP contribution in [-0.4, -0.2) is 25.6 Å². The predicted molar refractivity (Wildman–Crippen MR) is 121 cm³/mol. The van der Waals surface area contributed by atoms with Crippen LogP contribution >= 0.6 is 11.3 Å². The summed E-state index contributed by atoms with van der Waals surface area (Å²) in [5, 5.41) is 5.10. The third kappa shape index (κ3) is 4.71. The van der Waals surface area contributed by atoms with Crippen molar-refractivity contribution in [2.45, 2.75) is 27.7 Å². The molecule has 6 heteroatoms. The molecule has 1 amide bonds. The highest BCUT2D eigenvalue weighted by atomic mass is 32.1. The van der Waals surface area contributed by atoms with Crippen molar-refractivity contribution in [3.63, 3.8) is 0 Å². The monoisotopic (exact) mass is 423 g/mol. The minimum Gasteiger partial charge on any atom is -0.483 e. The number of hydrogen-bond donors (Lipinski definition) is 1. The second-order valence-electron chi connectivity index (χ2n) is 7.25. The number of thiophene rings is 1. The Kier molecular flexibility index (Phi) is 6.57. The number of esters is 1. The zero-order valence-electron chi connectivity index (χ0n) is 17.8. The minimum atomic E-state index is -0.491. The molecular weight excluding hydrogens is 398 g/mol. The molecule has 3 rings (SSSR count). The minimum absolute atomic E-state index is 0.151. The number of anilines is 1. The van der Waals surface area contributed by atoms with Crippen molar-refractivity contribution in [3.8, 4) is 16.9 Å². The number of nitrogens with one attached hydrogen (secondary N) is 1. The van der Waals surface area contributed by atoms with E-state index >= 15 is 0 Å². The number of hydrogen-bond acceptors (Lipinski definition) is 5. The SMILES string of the molecule is COC(=O)c1c(-c2ccc(C)c(C)c2)csc1NC(=O)COc1ccc(C)cc1C. The van der Waals surface area contributed by atoms with E-state index in [2.05, 4.69) is 5.32 Å². The molecule has 0 aliphatic heterocycles. The van der Waals surface area contributed by atoms with Gasteiger partial charge in [-0.25, -0.2) is 4.79 Å². The summed E-state index contributed by atoms with van der Waals surface area (Å²) in [7, 11) is 1.33. The summed E-state index contributed by atoms with van der Waals surface area (Å²) in [6.07, 6.45) is 0. The Morgan fingerprint density at radius 3 is 2.40 bits per heavy atom. The molecule has 3 aromatic rings. The summed E-state index contributed by atoms with van der Waals surface area (Å²) >= 11 is 1.29. The van der Waals surface area contributed by atoms with Crippen LogP contribution in [0.2, 0.25) is 0 Å². The third-order valence-electron chi connectivity index (χ3n) is 4.94. The quantitative estimate of drug-likeness (QED) is 0.535. The fourth-order valence-electron chi connectivity index (χ4n) is 3.14. The van der Waals surface area contributed by atoms with E-state index in [1.807, 2.05) is 69.5 Å². The molecule has 1 N–H and O–H groups in total. The van der Waals surface area contributed by atoms with Crippen molar-refractivity contribution in [2.75, 3.05) is 19.0 Å². The van der Waals surface area contributed by atoms with Gasteiger partial charge in [0, 0.05) is 10.9 Å². The Bertz CT molecular complexity index is 1100. The van der Waals surface area contributed by atoms with Crippen LogP contribution < -0.4 is 10.1 Å². The lowest BCUT2D eigenvalue weighted by atomic mass is 9.99. The number of benzene rings is 2. The molecule has 0 fully saturated rings. The molecule has 0 saturated heterocycles. The average Bonchev–Trinajstić information content (AvgIpc) is 3.12. The lowest BCUT2D eigenvalue weighted by Crippen LogP contribution is -2.21. The first-order valence-electron chi connectivity index (χ1n) is 9.57. The maximum atomic E-state index is 12.5. The number of rotatable bonds is 6. The van der Waals surface area contributed by atoms with E-state index in [0.717, 1.165) is 27.8 Å². The number of amides is 1. The maximum Gasteiger partial charge on any atom is 0.341 e. The van der Waals surface area contributed by atoms with Crippen LogP contribution in [0.3, 0.4) is 0 Å². The number of aryl methyl sites for hydroxylation is 4. The van der Waals surface area contributed by atoms with Gasteiger partial charge in [0.1, 0.15) is 16.3 Å². The van der Waals surface area contributed by atoms with Crippen molar-refractivity contribution in [3.05, 3.63) is 69.6 Å². The fourth-order valence-corrected chi connectivity index (χ4v) is 4.12. The molecule has 0 bridgehead atoms. The molecule has 1 heterocycles. The summed E-state index contributed by atoms with van der Waals surface area (Å²) in [6.45, 7) is 7.85. The van der Waals surface area contributed by atoms with Gasteiger partial charge in [0.2, 0.25) is 0 Å². The second-order valence-corrected chi connectivity index (χ2v) is 8.13. The Hall–Kier alpha value is -3.12. The normalized spacial score (nSPS) is 10.6. The second kappa shape index (κ2) is 9.13. The highest BCUT2D eigenvalue weighted by Gasteiger charge is 2.22. The molecule has 156 valence electrons. The van der Waals surface area contributed by atoms with Crippen molar-refractivity contribution in [1.82, 2.24) is 0 Å². The van der Waals surface area contributed by atoms with Crippen LogP contribution in [0.5, 0.6) is 5.75 Å². The van der Waals surface area contributed by atoms with Gasteiger partial charge in [-0.15, -0.1) is 11.3 Å². The van der Waals surface area contributed by atoms with E-state index in [1.165, 1.54) is 24.0 Å². The molecular formula is C24H25NO4S. The first-order chi connectivity index (χ1) is 14.3. The van der Waals surface area contributed by atoms with Crippen LogP contribution in [0.15, 0.2) is 41.8 Å². The molecule has 30 heavy (non-hydrogen) atoms. The van der Waals surface area contributed by atoms with Gasteiger partial charge in [-0.05, 0) is 56.0 Å². The molecule has 0 unspecified atom stereocenters. The zero-order chi connectivity index (χ0) is 21.8. The first kappa shape index (κ1) is 21.6. The van der Waals surface area contributed by atoms with Crippen molar-refractivity contribution >= 4 is 28.2 Å². The standard InChI is InChI=1S/C24H25NO4S/c1-14-6-9-20(17(4)10-14)29-12-21(26)25-23-22(24(27)28-5)19(13-30-23)18-8-7-15(2)16(3)11-18/h6-11,13H,12H2,1-5H3,(H,25,26). The van der Waals surface area contributed by atoms with E-state index in [-0.39, 0.29) is 12.5 Å². The van der Waals surface area contributed by atoms with Gasteiger partial charge in [0.25, 0.3) is 5.91 Å². The molecule has 0 aliphatic rings. The number of ether oxygens (including phenoxy) is 2. The van der Waals surface area contributed by atoms with Crippen molar-refractivity contribution in [2.24, 2.45) is 0 Å². The van der Waals surface area contributed by atoms with Crippen LogP contribution in [0, 0.1) is 27.7 Å². The lowest BCUT2D eigenvalue weighted by molar-refractivity contribution is -0.118. The number of carbonyl (C=O) groups excluding carboxylic acids is 2. The summed E-state index contributed by atoms with van der Waals surface area (Å²) in [6, 6.07) is 11.8. The highest BCUT2D eigenvalue weighted by molar-refractivity contribution is 7.15. The molecule has 0 saturated carbocycles. The van der Waals surface area contributed by atoms with E-state index in [9.17, 15) is 9.59 Å². The topological polar surface area (TPSA) is 64.6 Å². The van der Waals surface area contributed by atoms with Gasteiger partial charge in [-0.3, -0.25) is 4.79 Å². The maximum absolute atomic E-state index is 12.5. The van der Waals surface area contributed by atoms with E-state index in [1.54, 1.807) is 0 Å². The Labute approximate surface area is 180 Å². The van der Waals surface area contributed by atoms with E-state index in [0.29, 0.717) is 16.3 Å². The van der Waals surface area contributed by atoms with Crippen LogP contribution in [0.25, 0.3) is 11.1 Å². The summed E-state index contributed by atoms with van der Waals surface area (Å²) in [5.74, 6) is -0.172. The van der Waals surface area contributed by atoms with Gasteiger partial charge in [-0.1, -0.05) is 35.9 Å². The Morgan fingerprint density at radius 1 is 0.967 bits per heavy atom. The summed E-state index contributed by atoms with van der Waals surface area (Å²) < 4.78 is 10.6. The van der Waals surface area contributed by atoms with Gasteiger partial charge in [0.05, 0.1) is 7.11 Å². The molecule has 0 radical (unpaired) electrons. The largest absolute Gasteiger partial charge is 0.483 e. The van der Waals surface area contributed by atoms with Crippen molar-refractivity contribution in [1.29, 1.82) is 0 Å². The number of methoxy groups -OCH3 is 1. The van der Waals surface area contributed by atoms with Gasteiger partial charge >= 0.3 is 5.97 Å². The van der Waals surface area contributed by atoms with Gasteiger partial charge in [0.15, 0.2) is 6.61 Å². The van der Waals surface area contributed by atoms with E-state index < -0.39 is 5.97 Å².